The second kappa shape index (κ2) is 4.54. The van der Waals surface area contributed by atoms with Crippen LogP contribution in [0.3, 0.4) is 0 Å². The Kier molecular flexibility index (Phi) is 4.86. The summed E-state index contributed by atoms with van der Waals surface area (Å²) in [5.74, 6) is -0.518. The van der Waals surface area contributed by atoms with Crippen molar-refractivity contribution >= 4 is 53.4 Å². The first-order valence-corrected chi connectivity index (χ1v) is 4.05. The number of hydrogen-bond donors (Lipinski definition) is 1. The fraction of sp³-hybridized carbons (Fsp3) is 0.750. The fourth-order valence-corrected chi connectivity index (χ4v) is 0.463. The zero-order chi connectivity index (χ0) is 8.20. The van der Waals surface area contributed by atoms with Crippen molar-refractivity contribution in [1.82, 2.24) is 0 Å². The van der Waals surface area contributed by atoms with E-state index in [9.17, 15) is 4.79 Å². The molecule has 6 heteroatoms. The van der Waals surface area contributed by atoms with Gasteiger partial charge in [0, 0.05) is 0 Å². The lowest BCUT2D eigenvalue weighted by Gasteiger charge is -2.09. The highest BCUT2D eigenvalue weighted by Gasteiger charge is 2.21. The Morgan fingerprint density at radius 3 is 2.30 bits per heavy atom. The van der Waals surface area contributed by atoms with Crippen LogP contribution >= 0.6 is 47.4 Å². The van der Waals surface area contributed by atoms with E-state index in [0.717, 1.165) is 0 Å². The molecule has 0 spiro atoms. The van der Waals surface area contributed by atoms with Gasteiger partial charge in [0.2, 0.25) is 3.79 Å². The van der Waals surface area contributed by atoms with Gasteiger partial charge in [0.05, 0.1) is 5.75 Å². The van der Waals surface area contributed by atoms with Crippen molar-refractivity contribution in [2.24, 2.45) is 0 Å². The molecule has 0 saturated carbocycles. The Bertz CT molecular complexity index is 122. The first-order chi connectivity index (χ1) is 4.45. The number of carbonyl (C=O) groups excluding carboxylic acids is 1. The van der Waals surface area contributed by atoms with Gasteiger partial charge in [-0.2, -0.15) is 12.6 Å². The molecule has 0 amide bonds. The van der Waals surface area contributed by atoms with Gasteiger partial charge >= 0.3 is 5.97 Å². The molecule has 0 aromatic carbocycles. The van der Waals surface area contributed by atoms with Crippen LogP contribution in [0.25, 0.3) is 0 Å². The summed E-state index contributed by atoms with van der Waals surface area (Å²) in [6.45, 7) is -0.239. The number of ether oxygens (including phenoxy) is 1. The van der Waals surface area contributed by atoms with Crippen molar-refractivity contribution in [3.05, 3.63) is 0 Å². The van der Waals surface area contributed by atoms with Crippen LogP contribution in [0.2, 0.25) is 0 Å². The summed E-state index contributed by atoms with van der Waals surface area (Å²) in [4.78, 5) is 10.4. The first-order valence-electron chi connectivity index (χ1n) is 2.29. The van der Waals surface area contributed by atoms with Crippen LogP contribution in [0.5, 0.6) is 0 Å². The van der Waals surface area contributed by atoms with Crippen LogP contribution in [0.15, 0.2) is 0 Å². The molecule has 0 aromatic rings. The zero-order valence-electron chi connectivity index (χ0n) is 4.81. The van der Waals surface area contributed by atoms with E-state index < -0.39 is 9.76 Å². The Balaban J connectivity index is 3.46. The van der Waals surface area contributed by atoms with Crippen molar-refractivity contribution in [1.29, 1.82) is 0 Å². The number of hydrogen-bond acceptors (Lipinski definition) is 3. The topological polar surface area (TPSA) is 26.3 Å². The highest BCUT2D eigenvalue weighted by Crippen LogP contribution is 2.25. The number of halogens is 3. The first kappa shape index (κ1) is 10.7. The maximum atomic E-state index is 10.4. The number of thiol groups is 1. The Hall–Kier alpha value is 0.690. The summed E-state index contributed by atoms with van der Waals surface area (Å²) in [6, 6.07) is 0. The molecule has 0 aliphatic carbocycles. The van der Waals surface area contributed by atoms with Gasteiger partial charge < -0.3 is 4.74 Å². The predicted octanol–water partition coefficient (Wildman–Crippen LogP) is 1.83. The second-order valence-electron chi connectivity index (χ2n) is 1.43. The average molecular weight is 224 g/mol. The highest BCUT2D eigenvalue weighted by atomic mass is 35.6. The summed E-state index contributed by atoms with van der Waals surface area (Å²) in [7, 11) is 0. The van der Waals surface area contributed by atoms with Crippen molar-refractivity contribution < 1.29 is 9.53 Å². The molecule has 0 rings (SSSR count). The molecule has 60 valence electrons. The standard InChI is InChI=1S/C4H5Cl3O2S/c5-4(6,7)2-9-3(8)1-10/h10H,1-2H2. The largest absolute Gasteiger partial charge is 0.461 e. The maximum absolute atomic E-state index is 10.4. The molecule has 0 bridgehead atoms. The molecule has 2 nitrogen and oxygen atoms in total. The van der Waals surface area contributed by atoms with Gasteiger partial charge in [-0.3, -0.25) is 4.79 Å². The molecule has 0 aliphatic rings. The lowest BCUT2D eigenvalue weighted by atomic mass is 10.7. The minimum absolute atomic E-state index is 0.0131. The third-order valence-corrected chi connectivity index (χ3v) is 1.11. The van der Waals surface area contributed by atoms with Crippen LogP contribution < -0.4 is 0 Å². The van der Waals surface area contributed by atoms with Crippen molar-refractivity contribution in [2.75, 3.05) is 12.4 Å². The predicted molar refractivity (Wildman–Crippen MR) is 45.1 cm³/mol. The maximum Gasteiger partial charge on any atom is 0.315 e. The molecule has 0 fully saturated rings. The summed E-state index contributed by atoms with van der Waals surface area (Å²) in [5.41, 5.74) is 0. The van der Waals surface area contributed by atoms with Crippen LogP contribution in [0.4, 0.5) is 0 Å². The van der Waals surface area contributed by atoms with E-state index in [2.05, 4.69) is 17.4 Å². The molecule has 0 atom stereocenters. The van der Waals surface area contributed by atoms with Gasteiger partial charge in [-0.25, -0.2) is 0 Å². The van der Waals surface area contributed by atoms with Crippen LogP contribution in [-0.4, -0.2) is 22.1 Å². The Morgan fingerprint density at radius 1 is 1.50 bits per heavy atom. The molecule has 0 saturated heterocycles. The van der Waals surface area contributed by atoms with E-state index in [1.54, 1.807) is 0 Å². The zero-order valence-corrected chi connectivity index (χ0v) is 7.97. The molecule has 0 unspecified atom stereocenters. The Morgan fingerprint density at radius 2 is 2.00 bits per heavy atom. The smallest absolute Gasteiger partial charge is 0.315 e. The minimum atomic E-state index is -1.53. The molecule has 0 N–H and O–H groups in total. The van der Waals surface area contributed by atoms with E-state index in [4.69, 9.17) is 34.8 Å². The van der Waals surface area contributed by atoms with Gasteiger partial charge in [-0.05, 0) is 0 Å². The van der Waals surface area contributed by atoms with E-state index >= 15 is 0 Å². The molecule has 0 aromatic heterocycles. The third kappa shape index (κ3) is 6.81. The van der Waals surface area contributed by atoms with Gasteiger partial charge in [-0.1, -0.05) is 34.8 Å². The van der Waals surface area contributed by atoms with Crippen molar-refractivity contribution in [3.63, 3.8) is 0 Å². The van der Waals surface area contributed by atoms with Crippen LogP contribution in [-0.2, 0) is 9.53 Å². The van der Waals surface area contributed by atoms with Crippen LogP contribution in [0.1, 0.15) is 0 Å². The van der Waals surface area contributed by atoms with Crippen molar-refractivity contribution in [2.45, 2.75) is 3.79 Å². The quantitative estimate of drug-likeness (QED) is 0.439. The number of alkyl halides is 3. The lowest BCUT2D eigenvalue weighted by Crippen LogP contribution is -2.17. The van der Waals surface area contributed by atoms with E-state index in [1.807, 2.05) is 0 Å². The summed E-state index contributed by atoms with van der Waals surface area (Å²) >= 11 is 19.4. The van der Waals surface area contributed by atoms with Crippen LogP contribution in [0, 0.1) is 0 Å². The molecule has 0 radical (unpaired) electrons. The number of esters is 1. The van der Waals surface area contributed by atoms with E-state index in [-0.39, 0.29) is 12.4 Å². The Labute approximate surface area is 79.2 Å². The molecular formula is C4H5Cl3O2S. The second-order valence-corrected chi connectivity index (χ2v) is 4.27. The number of rotatable bonds is 2. The molecule has 10 heavy (non-hydrogen) atoms. The van der Waals surface area contributed by atoms with Gasteiger partial charge in [0.15, 0.2) is 0 Å². The van der Waals surface area contributed by atoms with Gasteiger partial charge in [0.25, 0.3) is 0 Å². The lowest BCUT2D eigenvalue weighted by molar-refractivity contribution is -0.140. The van der Waals surface area contributed by atoms with E-state index in [0.29, 0.717) is 0 Å². The minimum Gasteiger partial charge on any atom is -0.461 e. The fourth-order valence-electron chi connectivity index (χ4n) is 0.208. The molecule has 0 heterocycles. The monoisotopic (exact) mass is 222 g/mol. The van der Waals surface area contributed by atoms with Crippen molar-refractivity contribution in [3.8, 4) is 0 Å². The summed E-state index contributed by atoms with van der Waals surface area (Å²) < 4.78 is 2.92. The van der Waals surface area contributed by atoms with E-state index in [1.165, 1.54) is 0 Å². The normalized spacial score (nSPS) is 11.2. The average Bonchev–Trinajstić information content (AvgIpc) is 1.81. The highest BCUT2D eigenvalue weighted by molar-refractivity contribution is 7.81. The molecular weight excluding hydrogens is 218 g/mol. The third-order valence-electron chi connectivity index (χ3n) is 0.526. The molecule has 0 aliphatic heterocycles. The van der Waals surface area contributed by atoms with Gasteiger partial charge in [-0.15, -0.1) is 0 Å². The SMILES string of the molecule is O=C(CS)OCC(Cl)(Cl)Cl. The summed E-state index contributed by atoms with van der Waals surface area (Å²) in [6.07, 6.45) is 0. The summed E-state index contributed by atoms with van der Waals surface area (Å²) in [5, 5.41) is 0. The number of carbonyl (C=O) groups is 1. The van der Waals surface area contributed by atoms with Gasteiger partial charge in [0.1, 0.15) is 6.61 Å².